The molecule has 7 heteroatoms. The maximum atomic E-state index is 13.8. The summed E-state index contributed by atoms with van der Waals surface area (Å²) in [6.07, 6.45) is 0. The number of ether oxygens (including phenoxy) is 1. The summed E-state index contributed by atoms with van der Waals surface area (Å²) in [5.74, 6) is 1.15. The highest BCUT2D eigenvalue weighted by Gasteiger charge is 2.19. The molecule has 5 aromatic rings. The van der Waals surface area contributed by atoms with Crippen molar-refractivity contribution in [3.63, 3.8) is 0 Å². The van der Waals surface area contributed by atoms with E-state index in [2.05, 4.69) is 44.3 Å². The molecule has 0 aliphatic rings. The maximum absolute atomic E-state index is 13.8. The first-order chi connectivity index (χ1) is 17.0. The van der Waals surface area contributed by atoms with E-state index in [1.54, 1.807) is 24.9 Å². The second-order valence-corrected chi connectivity index (χ2v) is 10.1. The molecular weight excluding hydrogens is 547 g/mol. The van der Waals surface area contributed by atoms with Gasteiger partial charge >= 0.3 is 0 Å². The molecule has 1 heterocycles. The molecule has 0 fully saturated rings. The standard InChI is InChI=1S/C28H19BrClFN2OS/c1-34-26-15-22(18-8-5-9-19(31)12-18)24(30)14-23(26)27-21-11-10-20(13-25(21)32-33-28(27)29)35-16-17-6-3-2-4-7-17/h2-15H,16H2,1H3. The van der Waals surface area contributed by atoms with Crippen LogP contribution < -0.4 is 4.74 Å². The summed E-state index contributed by atoms with van der Waals surface area (Å²) in [5.41, 5.74) is 5.00. The number of aromatic nitrogens is 2. The van der Waals surface area contributed by atoms with Gasteiger partial charge in [-0.15, -0.1) is 22.0 Å². The van der Waals surface area contributed by atoms with E-state index >= 15 is 0 Å². The second kappa shape index (κ2) is 10.4. The van der Waals surface area contributed by atoms with Gasteiger partial charge in [-0.3, -0.25) is 0 Å². The number of fused-ring (bicyclic) bond motifs is 1. The summed E-state index contributed by atoms with van der Waals surface area (Å²) in [5, 5.41) is 10.2. The Labute approximate surface area is 220 Å². The van der Waals surface area contributed by atoms with Crippen molar-refractivity contribution >= 4 is 50.2 Å². The van der Waals surface area contributed by atoms with Crippen molar-refractivity contribution < 1.29 is 9.13 Å². The van der Waals surface area contributed by atoms with Gasteiger partial charge in [-0.05, 0) is 63.5 Å². The molecule has 0 N–H and O–H groups in total. The molecule has 35 heavy (non-hydrogen) atoms. The number of hydrogen-bond donors (Lipinski definition) is 0. The minimum Gasteiger partial charge on any atom is -0.496 e. The van der Waals surface area contributed by atoms with Crippen LogP contribution in [0.15, 0.2) is 94.4 Å². The zero-order valence-electron chi connectivity index (χ0n) is 18.6. The van der Waals surface area contributed by atoms with Crippen LogP contribution in [0.2, 0.25) is 5.02 Å². The summed E-state index contributed by atoms with van der Waals surface area (Å²) in [4.78, 5) is 1.11. The molecule has 0 saturated heterocycles. The number of benzene rings is 4. The number of thioether (sulfide) groups is 1. The summed E-state index contributed by atoms with van der Waals surface area (Å²) in [7, 11) is 1.60. The molecule has 5 rings (SSSR count). The van der Waals surface area contributed by atoms with E-state index in [1.165, 1.54) is 17.7 Å². The van der Waals surface area contributed by atoms with Gasteiger partial charge in [0.05, 0.1) is 12.6 Å². The Morgan fingerprint density at radius 3 is 2.51 bits per heavy atom. The molecule has 0 radical (unpaired) electrons. The maximum Gasteiger partial charge on any atom is 0.137 e. The van der Waals surface area contributed by atoms with Gasteiger partial charge in [0, 0.05) is 37.7 Å². The minimum absolute atomic E-state index is 0.324. The van der Waals surface area contributed by atoms with Crippen LogP contribution in [0.25, 0.3) is 33.2 Å². The van der Waals surface area contributed by atoms with Crippen LogP contribution in [0.3, 0.4) is 0 Å². The Bertz CT molecular complexity index is 1530. The van der Waals surface area contributed by atoms with E-state index in [-0.39, 0.29) is 5.82 Å². The van der Waals surface area contributed by atoms with Crippen LogP contribution in [0.5, 0.6) is 5.75 Å². The lowest BCUT2D eigenvalue weighted by Crippen LogP contribution is -1.96. The molecule has 0 unspecified atom stereocenters. The van der Waals surface area contributed by atoms with Crippen molar-refractivity contribution in [2.45, 2.75) is 10.6 Å². The van der Waals surface area contributed by atoms with E-state index in [0.29, 0.717) is 26.5 Å². The minimum atomic E-state index is -0.324. The largest absolute Gasteiger partial charge is 0.496 e. The topological polar surface area (TPSA) is 35.0 Å². The van der Waals surface area contributed by atoms with Gasteiger partial charge in [0.15, 0.2) is 0 Å². The Balaban J connectivity index is 1.57. The molecular formula is C28H19BrClFN2OS. The lowest BCUT2D eigenvalue weighted by Gasteiger charge is -2.16. The molecule has 0 aliphatic carbocycles. The predicted octanol–water partition coefficient (Wildman–Crippen LogP) is 8.82. The normalized spacial score (nSPS) is 11.1. The number of halogens is 3. The number of nitrogens with zero attached hydrogens (tertiary/aromatic N) is 2. The summed E-state index contributed by atoms with van der Waals surface area (Å²) in [6.45, 7) is 0. The first-order valence-electron chi connectivity index (χ1n) is 10.8. The van der Waals surface area contributed by atoms with Crippen molar-refractivity contribution in [1.29, 1.82) is 0 Å². The fourth-order valence-electron chi connectivity index (χ4n) is 3.95. The van der Waals surface area contributed by atoms with Crippen LogP contribution in [0.4, 0.5) is 4.39 Å². The van der Waals surface area contributed by atoms with Crippen molar-refractivity contribution in [3.05, 3.63) is 106 Å². The highest BCUT2D eigenvalue weighted by molar-refractivity contribution is 9.10. The first kappa shape index (κ1) is 23.8. The molecule has 0 amide bonds. The van der Waals surface area contributed by atoms with E-state index in [4.69, 9.17) is 16.3 Å². The van der Waals surface area contributed by atoms with Crippen LogP contribution in [0, 0.1) is 5.82 Å². The van der Waals surface area contributed by atoms with E-state index < -0.39 is 0 Å². The molecule has 0 spiro atoms. The third-order valence-corrected chi connectivity index (χ3v) is 7.57. The van der Waals surface area contributed by atoms with Crippen molar-refractivity contribution in [3.8, 4) is 28.0 Å². The molecule has 0 bridgehead atoms. The molecule has 3 nitrogen and oxygen atoms in total. The van der Waals surface area contributed by atoms with E-state index in [9.17, 15) is 4.39 Å². The Kier molecular flexibility index (Phi) is 7.04. The Hall–Kier alpha value is -2.93. The number of rotatable bonds is 6. The van der Waals surface area contributed by atoms with Crippen molar-refractivity contribution in [1.82, 2.24) is 10.2 Å². The van der Waals surface area contributed by atoms with Gasteiger partial charge in [0.1, 0.15) is 16.2 Å². The third-order valence-electron chi connectivity index (χ3n) is 5.63. The van der Waals surface area contributed by atoms with Gasteiger partial charge in [-0.1, -0.05) is 60.1 Å². The van der Waals surface area contributed by atoms with Crippen LogP contribution in [-0.4, -0.2) is 17.3 Å². The summed E-state index contributed by atoms with van der Waals surface area (Å²) < 4.78 is 20.1. The van der Waals surface area contributed by atoms with Crippen molar-refractivity contribution in [2.24, 2.45) is 0 Å². The van der Waals surface area contributed by atoms with Crippen LogP contribution in [0.1, 0.15) is 5.56 Å². The fourth-order valence-corrected chi connectivity index (χ4v) is 5.61. The van der Waals surface area contributed by atoms with Crippen molar-refractivity contribution in [2.75, 3.05) is 7.11 Å². The Morgan fingerprint density at radius 1 is 0.914 bits per heavy atom. The fraction of sp³-hybridized carbons (Fsp3) is 0.0714. The van der Waals surface area contributed by atoms with Crippen LogP contribution >= 0.6 is 39.3 Å². The monoisotopic (exact) mass is 564 g/mol. The molecule has 0 aliphatic heterocycles. The van der Waals surface area contributed by atoms with Gasteiger partial charge in [0.25, 0.3) is 0 Å². The highest BCUT2D eigenvalue weighted by atomic mass is 79.9. The predicted molar refractivity (Wildman–Crippen MR) is 146 cm³/mol. The average Bonchev–Trinajstić information content (AvgIpc) is 2.88. The van der Waals surface area contributed by atoms with Gasteiger partial charge in [-0.25, -0.2) is 4.39 Å². The third kappa shape index (κ3) is 5.06. The SMILES string of the molecule is COc1cc(-c2cccc(F)c2)c(Cl)cc1-c1c(Br)nnc2cc(SCc3ccccc3)ccc12. The average molecular weight is 566 g/mol. The lowest BCUT2D eigenvalue weighted by molar-refractivity contribution is 0.416. The highest BCUT2D eigenvalue weighted by Crippen LogP contribution is 2.44. The second-order valence-electron chi connectivity index (χ2n) is 7.86. The van der Waals surface area contributed by atoms with E-state index in [1.807, 2.05) is 48.5 Å². The molecule has 174 valence electrons. The molecule has 0 saturated carbocycles. The van der Waals surface area contributed by atoms with Gasteiger partial charge in [0.2, 0.25) is 0 Å². The molecule has 0 atom stereocenters. The van der Waals surface area contributed by atoms with Gasteiger partial charge < -0.3 is 4.74 Å². The molecule has 4 aromatic carbocycles. The zero-order valence-corrected chi connectivity index (χ0v) is 21.8. The number of methoxy groups -OCH3 is 1. The van der Waals surface area contributed by atoms with Gasteiger partial charge in [-0.2, -0.15) is 0 Å². The first-order valence-corrected chi connectivity index (χ1v) is 13.0. The Morgan fingerprint density at radius 2 is 1.74 bits per heavy atom. The smallest absolute Gasteiger partial charge is 0.137 e. The number of hydrogen-bond acceptors (Lipinski definition) is 4. The molecule has 1 aromatic heterocycles. The zero-order chi connectivity index (χ0) is 24.4. The quantitative estimate of drug-likeness (QED) is 0.193. The van der Waals surface area contributed by atoms with E-state index in [0.717, 1.165) is 32.7 Å². The summed E-state index contributed by atoms with van der Waals surface area (Å²) >= 11 is 12.0. The lowest BCUT2D eigenvalue weighted by atomic mass is 9.97. The summed E-state index contributed by atoms with van der Waals surface area (Å²) in [6, 6.07) is 26.5. The van der Waals surface area contributed by atoms with Crippen LogP contribution in [-0.2, 0) is 5.75 Å².